The first-order valence-electron chi connectivity index (χ1n) is 26.5. The summed E-state index contributed by atoms with van der Waals surface area (Å²) in [5.74, 6) is -1.76. The van der Waals surface area contributed by atoms with E-state index in [-0.39, 0.29) is 42.7 Å². The third-order valence-electron chi connectivity index (χ3n) is 11.6. The van der Waals surface area contributed by atoms with Gasteiger partial charge in [0.25, 0.3) is 0 Å². The second kappa shape index (κ2) is 47.3. The second-order valence-electron chi connectivity index (χ2n) is 18.7. The maximum Gasteiger partial charge on any atom is 0.306 e. The van der Waals surface area contributed by atoms with Gasteiger partial charge in [0.2, 0.25) is 0 Å². The van der Waals surface area contributed by atoms with Gasteiger partial charge in [-0.05, 0) is 83.5 Å². The van der Waals surface area contributed by atoms with Crippen molar-refractivity contribution in [2.75, 3.05) is 41.0 Å². The molecular formula is C57H99NO7. The Morgan fingerprint density at radius 3 is 1.29 bits per heavy atom. The molecule has 0 aromatic heterocycles. The zero-order chi connectivity index (χ0) is 47.7. The number of carbonyl (C=O) groups excluding carboxylic acids is 3. The van der Waals surface area contributed by atoms with Gasteiger partial charge in [-0.1, -0.05) is 189 Å². The van der Waals surface area contributed by atoms with Gasteiger partial charge < -0.3 is 28.6 Å². The summed E-state index contributed by atoms with van der Waals surface area (Å²) in [7, 11) is 5.41. The molecule has 0 aromatic carbocycles. The summed E-state index contributed by atoms with van der Waals surface area (Å²) < 4.78 is 17.2. The fraction of sp³-hybridized carbons (Fsp3) is 0.737. The number of likely N-dealkylation sites (N-methyl/N-ethyl adjacent to an activating group) is 1. The summed E-state index contributed by atoms with van der Waals surface area (Å²) >= 11 is 0. The number of ether oxygens (including phenoxy) is 3. The van der Waals surface area contributed by atoms with Gasteiger partial charge in [-0.2, -0.15) is 0 Å². The van der Waals surface area contributed by atoms with Crippen LogP contribution in [0.3, 0.4) is 0 Å². The van der Waals surface area contributed by atoms with E-state index >= 15 is 0 Å². The Morgan fingerprint density at radius 1 is 0.477 bits per heavy atom. The summed E-state index contributed by atoms with van der Waals surface area (Å²) in [5, 5.41) is 11.7. The quantitative estimate of drug-likeness (QED) is 0.0259. The summed E-state index contributed by atoms with van der Waals surface area (Å²) in [5.41, 5.74) is 0. The minimum Gasteiger partial charge on any atom is -0.544 e. The molecule has 8 nitrogen and oxygen atoms in total. The van der Waals surface area contributed by atoms with Crippen molar-refractivity contribution in [1.82, 2.24) is 0 Å². The van der Waals surface area contributed by atoms with Crippen LogP contribution < -0.4 is 5.11 Å². The highest BCUT2D eigenvalue weighted by molar-refractivity contribution is 5.70. The van der Waals surface area contributed by atoms with Gasteiger partial charge in [0, 0.05) is 19.3 Å². The van der Waals surface area contributed by atoms with Crippen LogP contribution in [0.5, 0.6) is 0 Å². The van der Waals surface area contributed by atoms with Crippen molar-refractivity contribution in [1.29, 1.82) is 0 Å². The van der Waals surface area contributed by atoms with E-state index in [1.54, 1.807) is 21.1 Å². The molecule has 0 amide bonds. The third-order valence-corrected chi connectivity index (χ3v) is 11.6. The number of unbranched alkanes of at least 4 members (excludes halogenated alkanes) is 21. The number of hydrogen-bond acceptors (Lipinski definition) is 7. The summed E-state index contributed by atoms with van der Waals surface area (Å²) in [4.78, 5) is 37.1. The Balaban J connectivity index is 4.27. The molecule has 0 spiro atoms. The number of rotatable bonds is 47. The van der Waals surface area contributed by atoms with Gasteiger partial charge in [-0.25, -0.2) is 0 Å². The predicted molar refractivity (Wildman–Crippen MR) is 272 cm³/mol. The van der Waals surface area contributed by atoms with Crippen LogP contribution in [-0.2, 0) is 28.6 Å². The van der Waals surface area contributed by atoms with Crippen LogP contribution in [0.2, 0.25) is 0 Å². The predicted octanol–water partition coefficient (Wildman–Crippen LogP) is 14.1. The van der Waals surface area contributed by atoms with Crippen molar-refractivity contribution in [2.24, 2.45) is 0 Å². The minimum absolute atomic E-state index is 0.0314. The maximum atomic E-state index is 12.8. The first kappa shape index (κ1) is 61.8. The molecule has 0 aliphatic carbocycles. The number of quaternary nitrogens is 1. The zero-order valence-electron chi connectivity index (χ0n) is 42.6. The number of carboxylic acids is 1. The third kappa shape index (κ3) is 45.7. The number of hydrogen-bond donors (Lipinski definition) is 0. The highest BCUT2D eigenvalue weighted by Gasteiger charge is 2.25. The van der Waals surface area contributed by atoms with Crippen molar-refractivity contribution in [3.8, 4) is 0 Å². The van der Waals surface area contributed by atoms with Gasteiger partial charge in [0.05, 0.1) is 40.3 Å². The summed E-state index contributed by atoms with van der Waals surface area (Å²) in [6.45, 7) is 4.54. The first-order valence-corrected chi connectivity index (χ1v) is 26.5. The highest BCUT2D eigenvalue weighted by atomic mass is 16.6. The molecule has 0 N–H and O–H groups in total. The minimum atomic E-state index is -1.13. The van der Waals surface area contributed by atoms with Crippen LogP contribution in [0.4, 0.5) is 0 Å². The van der Waals surface area contributed by atoms with E-state index in [0.717, 1.165) is 89.9 Å². The standard InChI is InChI=1S/C57H99NO7/c1-6-8-10-12-14-16-18-20-22-24-26-27-28-29-30-32-33-35-37-39-41-43-45-47-55(59)64-52-53(51-63-50-49-54(57(61)62)58(3,4)5)65-56(60)48-46-44-42-40-38-36-34-31-25-23-21-19-17-15-13-11-9-7-2/h8,10,14,16,20,22,26-27,29-31,34,53-54H,6-7,9,11-13,15,17-19,21,23-25,28,32-33,35-52H2,1-5H3/b10-8+,16-14+,22-20+,27-26+,30-29+,34-31+. The SMILES string of the molecule is CC/C=C/C/C=C/C/C=C/C/C=C/C/C=C/CCCCCCCCCC(=O)OCC(COCCC(C(=O)[O-])[N+](C)(C)C)OC(=O)CCCCCCC/C=C/CCCCCCCCCCC. The average molecular weight is 910 g/mol. The van der Waals surface area contributed by atoms with Crippen LogP contribution >= 0.6 is 0 Å². The molecule has 0 heterocycles. The van der Waals surface area contributed by atoms with Gasteiger partial charge in [0.15, 0.2) is 6.10 Å². The van der Waals surface area contributed by atoms with E-state index < -0.39 is 18.1 Å². The lowest BCUT2D eigenvalue weighted by molar-refractivity contribution is -0.889. The van der Waals surface area contributed by atoms with Crippen LogP contribution in [0.25, 0.3) is 0 Å². The molecule has 0 aliphatic heterocycles. The average Bonchev–Trinajstić information content (AvgIpc) is 3.27. The Morgan fingerprint density at radius 2 is 0.862 bits per heavy atom. The van der Waals surface area contributed by atoms with E-state index in [0.29, 0.717) is 12.8 Å². The number of allylic oxidation sites excluding steroid dienone is 12. The van der Waals surface area contributed by atoms with Gasteiger partial charge in [-0.3, -0.25) is 9.59 Å². The summed E-state index contributed by atoms with van der Waals surface area (Å²) in [6, 6.07) is -0.732. The number of nitrogens with zero attached hydrogens (tertiary/aromatic N) is 1. The van der Waals surface area contributed by atoms with Crippen molar-refractivity contribution in [3.05, 3.63) is 72.9 Å². The molecule has 0 fully saturated rings. The van der Waals surface area contributed by atoms with Crippen molar-refractivity contribution in [3.63, 3.8) is 0 Å². The molecule has 0 saturated carbocycles. The lowest BCUT2D eigenvalue weighted by Crippen LogP contribution is -2.55. The lowest BCUT2D eigenvalue weighted by Gasteiger charge is -2.34. The monoisotopic (exact) mass is 910 g/mol. The molecule has 0 aromatic rings. The van der Waals surface area contributed by atoms with E-state index in [1.165, 1.54) is 96.3 Å². The molecule has 0 saturated heterocycles. The van der Waals surface area contributed by atoms with Crippen molar-refractivity contribution >= 4 is 17.9 Å². The fourth-order valence-corrected chi connectivity index (χ4v) is 7.50. The van der Waals surface area contributed by atoms with Gasteiger partial charge >= 0.3 is 11.9 Å². The molecule has 2 atom stereocenters. The Kier molecular flexibility index (Phi) is 44.9. The molecule has 0 bridgehead atoms. The molecule has 2 unspecified atom stereocenters. The molecule has 65 heavy (non-hydrogen) atoms. The Labute approximate surface area is 400 Å². The molecule has 0 rings (SSSR count). The molecule has 8 heteroatoms. The fourth-order valence-electron chi connectivity index (χ4n) is 7.50. The largest absolute Gasteiger partial charge is 0.544 e. The summed E-state index contributed by atoms with van der Waals surface area (Å²) in [6.07, 6.45) is 60.7. The van der Waals surface area contributed by atoms with Crippen LogP contribution in [0.1, 0.15) is 219 Å². The highest BCUT2D eigenvalue weighted by Crippen LogP contribution is 2.14. The van der Waals surface area contributed by atoms with Crippen LogP contribution in [0.15, 0.2) is 72.9 Å². The number of esters is 2. The number of aliphatic carboxylic acids is 1. The topological polar surface area (TPSA) is 102 Å². The van der Waals surface area contributed by atoms with Crippen molar-refractivity contribution in [2.45, 2.75) is 231 Å². The zero-order valence-corrected chi connectivity index (χ0v) is 42.6. The lowest BCUT2D eigenvalue weighted by atomic mass is 10.1. The van der Waals surface area contributed by atoms with Crippen LogP contribution in [-0.4, -0.2) is 75.5 Å². The van der Waals surface area contributed by atoms with E-state index in [4.69, 9.17) is 14.2 Å². The van der Waals surface area contributed by atoms with Crippen molar-refractivity contribution < 1.29 is 38.2 Å². The van der Waals surface area contributed by atoms with E-state index in [9.17, 15) is 19.5 Å². The number of carbonyl (C=O) groups is 3. The van der Waals surface area contributed by atoms with Gasteiger partial charge in [0.1, 0.15) is 12.6 Å². The van der Waals surface area contributed by atoms with E-state index in [1.807, 2.05) is 0 Å². The first-order chi connectivity index (χ1) is 31.6. The second-order valence-corrected chi connectivity index (χ2v) is 18.7. The molecular weight excluding hydrogens is 811 g/mol. The molecule has 0 radical (unpaired) electrons. The smallest absolute Gasteiger partial charge is 0.306 e. The van der Waals surface area contributed by atoms with Gasteiger partial charge in [-0.15, -0.1) is 0 Å². The maximum absolute atomic E-state index is 12.8. The Bertz CT molecular complexity index is 1290. The van der Waals surface area contributed by atoms with E-state index in [2.05, 4.69) is 86.8 Å². The number of carboxylic acid groups (broad SMARTS) is 1. The van der Waals surface area contributed by atoms with Crippen LogP contribution in [0, 0.1) is 0 Å². The molecule has 0 aliphatic rings. The Hall–Kier alpha value is -3.23. The normalized spacial score (nSPS) is 13.4. The molecule has 374 valence electrons.